The van der Waals surface area contributed by atoms with E-state index in [1.807, 2.05) is 4.90 Å². The zero-order valence-electron chi connectivity index (χ0n) is 84.7. The second-order valence-corrected chi connectivity index (χ2v) is 36.9. The van der Waals surface area contributed by atoms with Gasteiger partial charge in [-0.1, -0.05) is 55.6 Å². The number of methoxy groups -OCH3 is 7. The Bertz CT molecular complexity index is 6890. The molecule has 772 valence electrons. The Morgan fingerprint density at radius 3 is 1.19 bits per heavy atom. The maximum absolute atomic E-state index is 15.5. The summed E-state index contributed by atoms with van der Waals surface area (Å²) in [5, 5.41) is 31.8. The number of ether oxygens (including phenoxy) is 12. The fourth-order valence-electron chi connectivity index (χ4n) is 18.7. The third kappa shape index (κ3) is 23.2. The highest BCUT2D eigenvalue weighted by molar-refractivity contribution is 6.41. The van der Waals surface area contributed by atoms with E-state index in [4.69, 9.17) is 99.1 Å². The summed E-state index contributed by atoms with van der Waals surface area (Å²) in [6.45, 7) is 17.4. The zero-order chi connectivity index (χ0) is 107. The summed E-state index contributed by atoms with van der Waals surface area (Å²) in [6, 6.07) is 14.6. The first kappa shape index (κ1) is 101. The number of hydrogen-bond acceptors (Lipinski definition) is 36. The Morgan fingerprint density at radius 2 is 0.810 bits per heavy atom. The molecule has 8 fully saturated rings. The van der Waals surface area contributed by atoms with Crippen LogP contribution in [0.2, 0.25) is 10.0 Å². The summed E-state index contributed by atoms with van der Waals surface area (Å²) >= 11 is 13.1. The summed E-state index contributed by atoms with van der Waals surface area (Å²) < 4.78 is 164. The van der Waals surface area contributed by atoms with Gasteiger partial charge in [0.1, 0.15) is 28.0 Å². The van der Waals surface area contributed by atoms with Gasteiger partial charge in [-0.05, 0) is 93.3 Å². The minimum absolute atomic E-state index is 0.00209. The molecule has 0 radical (unpaired) electrons. The lowest BCUT2D eigenvalue weighted by atomic mass is 9.78. The number of benzene rings is 4. The van der Waals surface area contributed by atoms with Crippen molar-refractivity contribution >= 4 is 131 Å². The molecule has 7 saturated heterocycles. The molecule has 4 aromatic carbocycles. The van der Waals surface area contributed by atoms with Crippen molar-refractivity contribution in [2.75, 3.05) is 167 Å². The third-order valence-corrected chi connectivity index (χ3v) is 27.3. The molecular weight excluding hydrogens is 1950 g/mol. The molecule has 20 rings (SSSR count). The quantitative estimate of drug-likeness (QED) is 0.0143. The fraction of sp³-hybridized carbons (Fsp3) is 0.385. The van der Waals surface area contributed by atoms with E-state index in [0.29, 0.717) is 180 Å². The lowest BCUT2D eigenvalue weighted by Gasteiger charge is -2.45. The summed E-state index contributed by atoms with van der Waals surface area (Å²) in [5.74, 6) is -2.33. The number of carbonyl (C=O) groups excluding carboxylic acids is 4. The van der Waals surface area contributed by atoms with Gasteiger partial charge in [0, 0.05) is 162 Å². The predicted octanol–water partition coefficient (Wildman–Crippen LogP) is 16.2. The van der Waals surface area contributed by atoms with E-state index in [2.05, 4.69) is 103 Å². The van der Waals surface area contributed by atoms with Crippen LogP contribution >= 0.6 is 23.2 Å². The highest BCUT2D eigenvalue weighted by Gasteiger charge is 2.43. The molecule has 15 heterocycles. The molecular formula is C104H110Cl2F5N19O17. The summed E-state index contributed by atoms with van der Waals surface area (Å²) in [5.41, 5.74) is 2.21. The Labute approximate surface area is 856 Å². The van der Waals surface area contributed by atoms with Crippen LogP contribution in [0.15, 0.2) is 136 Å². The molecule has 2 bridgehead atoms. The molecule has 8 aliphatic rings. The molecule has 36 nitrogen and oxygen atoms in total. The van der Waals surface area contributed by atoms with Crippen LogP contribution < -0.4 is 70.0 Å². The Hall–Kier alpha value is -14.3. The van der Waals surface area contributed by atoms with E-state index in [1.54, 1.807) is 75.0 Å². The zero-order valence-corrected chi connectivity index (χ0v) is 83.3. The molecule has 7 N–H and O–H groups in total. The van der Waals surface area contributed by atoms with Crippen LogP contribution in [0.1, 0.15) is 74.0 Å². The smallest absolute Gasteiger partial charge is 0.223 e. The van der Waals surface area contributed by atoms with Crippen molar-refractivity contribution in [3.63, 3.8) is 0 Å². The molecule has 43 heteroatoms. The second kappa shape index (κ2) is 46.6. The van der Waals surface area contributed by atoms with Crippen molar-refractivity contribution in [2.24, 2.45) is 23.7 Å². The molecule has 1 aliphatic carbocycles. The monoisotopic (exact) mass is 2060 g/mol. The molecule has 7 aliphatic heterocycles. The molecule has 12 aromatic rings. The predicted molar refractivity (Wildman–Crippen MR) is 545 cm³/mol. The summed E-state index contributed by atoms with van der Waals surface area (Å²) in [7, 11) is 11.2. The summed E-state index contributed by atoms with van der Waals surface area (Å²) in [6.07, 6.45) is 16.0. The number of ketones is 4. The van der Waals surface area contributed by atoms with E-state index in [1.165, 1.54) is 92.4 Å². The molecule has 3 unspecified atom stereocenters. The van der Waals surface area contributed by atoms with Gasteiger partial charge in [0.25, 0.3) is 0 Å². The van der Waals surface area contributed by atoms with Crippen molar-refractivity contribution in [3.8, 4) is 85.3 Å². The Morgan fingerprint density at radius 1 is 0.456 bits per heavy atom. The Balaban J connectivity index is 0.000000143. The number of hydrogen-bond donors (Lipinski definition) is 7. The largest absolute Gasteiger partial charge is 0.495 e. The van der Waals surface area contributed by atoms with Crippen LogP contribution in [-0.2, 0) is 42.9 Å². The van der Waals surface area contributed by atoms with Crippen LogP contribution in [0.4, 0.5) is 63.2 Å². The average Bonchev–Trinajstić information content (AvgIpc) is 1.02. The average molecular weight is 2070 g/mol. The number of rotatable bonds is 35. The lowest BCUT2D eigenvalue weighted by molar-refractivity contribution is -0.162. The number of aliphatic hydroxyl groups is 1. The van der Waals surface area contributed by atoms with Crippen molar-refractivity contribution in [2.45, 2.75) is 106 Å². The van der Waals surface area contributed by atoms with Gasteiger partial charge in [0.2, 0.25) is 23.8 Å². The van der Waals surface area contributed by atoms with Crippen molar-refractivity contribution in [1.29, 1.82) is 0 Å². The fourth-order valence-corrected chi connectivity index (χ4v) is 19.4. The molecule has 147 heavy (non-hydrogen) atoms. The summed E-state index contributed by atoms with van der Waals surface area (Å²) in [4.78, 5) is 104. The lowest BCUT2D eigenvalue weighted by Crippen LogP contribution is -2.44. The van der Waals surface area contributed by atoms with Gasteiger partial charge < -0.3 is 98.7 Å². The Kier molecular flexibility index (Phi) is 32.1. The van der Waals surface area contributed by atoms with Crippen LogP contribution in [0, 0.1) is 52.8 Å². The molecule has 0 spiro atoms. The first-order valence-corrected chi connectivity index (χ1v) is 47.8. The standard InChI is InChI=1S/C29H30F2N4O5.C28H31F2N5O5.C24H25Cl2N5O4.C23H24FN5O3/c1-4-17(36)5-16-12-39-13-21(16)34-29-32-11-15-8-20(24-25(30)22(37-2)10-23(38-3)26(24)31)33-27(28(15)35-29)14-6-18-9-19(7-14)40-18;1-5-17(36)8-16-12-40-13-19(16)33-27-31-11-15-9-18(22-23(29)20(38-3)10-21(39-4)24(22)30)32-26(25(15)34-27)35-7-6-28(2,37)14-35;1-5-14(32)6-13-10-35-11-16(13)30-24-28-9-12-7-15(29-23(27-2)22(12)31-24)19-20(25)17(33-3)8-18(34-4)21(19)26;1-4-15(30)8-14-11-32-12-18(14)28-23-26-10-13-9-17(27-22(25-2)21(13)29-23)16-6-5-7-19(31-3)20(16)24/h4,8,10-11,14,16,18-19,21H,1,5-7,9,12-13H2,2-3H3,(H,32,34,35);5,9-11,16,19,37H,1,6-8,12-14H2,2-4H3,(H,31,33,34);5,7-9,13,16H,1,6,10-11H2,2-4H3,(H,27,29)(H,28,30,31);4-7,9-10,14,18H,1,8,11-12H2,2-3H3,(H,25,27)(H,26,28,29)/t14?,16-,18?,19?,21+;16-,19+,28?;13-,16+;14-,18+/m0000/s1/i;;2D3;. The van der Waals surface area contributed by atoms with E-state index >= 15 is 17.6 Å². The highest BCUT2D eigenvalue weighted by atomic mass is 35.5. The number of aromatic nitrogens is 12. The minimum Gasteiger partial charge on any atom is -0.495 e. The van der Waals surface area contributed by atoms with E-state index in [0.717, 1.165) is 25.3 Å². The topological polar surface area (TPSA) is 429 Å². The van der Waals surface area contributed by atoms with Crippen LogP contribution in [0.3, 0.4) is 0 Å². The number of fused-ring (bicyclic) bond motifs is 6. The number of allylic oxidation sites excluding steroid dienone is 4. The molecule has 0 amide bonds. The molecule has 11 atom stereocenters. The van der Waals surface area contributed by atoms with Crippen LogP contribution in [0.25, 0.3) is 88.6 Å². The SMILES string of the molecule is C=CC(=O)C[C@H]1COC[C@H]1Nc1ncc2cc(-c3c(F)c(OC)cc(OC)c3F)nc(C3CC4CC(C3)O4)c2n1.C=CC(=O)C[C@H]1COC[C@H]1Nc1ncc2cc(-c3c(F)c(OC)cc(OC)c3F)nc(N3CCC(C)(O)C3)c2n1.C=CC(=O)C[C@H]1COC[C@H]1Nc1ncc2cc(-c3cccc(OC)c3F)nc(NC)c2n1.[2H]C([2H])([2H])Nc1nc(-c2c(Cl)c(OC)cc(OC)c2Cl)cc2cnc(N[C@@H]3COC[C@@H]3CC(=O)C=C)nc12. The maximum atomic E-state index is 15.5. The number of carbonyl (C=O) groups is 4. The first-order chi connectivity index (χ1) is 72.1. The van der Waals surface area contributed by atoms with E-state index < -0.39 is 47.2 Å². The van der Waals surface area contributed by atoms with E-state index in [-0.39, 0.29) is 187 Å². The number of nitrogens with one attached hydrogen (secondary N) is 6. The highest BCUT2D eigenvalue weighted by Crippen LogP contribution is 2.50. The van der Waals surface area contributed by atoms with Crippen LogP contribution in [0.5, 0.6) is 40.2 Å². The van der Waals surface area contributed by atoms with Gasteiger partial charge in [-0.25, -0.2) is 76.8 Å². The number of β-amino-alcohol motifs (C(OH)–C–C–N with tert-alkyl or cyclic N) is 1. The normalized spacial score (nSPS) is 21.4. The number of anilines is 7. The van der Waals surface area contributed by atoms with Gasteiger partial charge in [-0.15, -0.1) is 0 Å². The van der Waals surface area contributed by atoms with Gasteiger partial charge in [-0.2, -0.15) is 0 Å². The van der Waals surface area contributed by atoms with E-state index in [9.17, 15) is 28.7 Å². The van der Waals surface area contributed by atoms with Crippen molar-refractivity contribution < 1.29 is 107 Å². The van der Waals surface area contributed by atoms with Gasteiger partial charge in [-0.3, -0.25) is 24.2 Å². The maximum Gasteiger partial charge on any atom is 0.223 e. The molecule has 1 saturated carbocycles. The first-order valence-electron chi connectivity index (χ1n) is 48.5. The van der Waals surface area contributed by atoms with Crippen LogP contribution in [-0.4, -0.2) is 260 Å². The van der Waals surface area contributed by atoms with Crippen molar-refractivity contribution in [3.05, 3.63) is 181 Å². The van der Waals surface area contributed by atoms with Crippen molar-refractivity contribution in [1.82, 2.24) is 59.8 Å². The minimum atomic E-state index is -2.58. The number of nitrogens with zero attached hydrogens (tertiary/aromatic N) is 13. The molecule has 8 aromatic heterocycles. The third-order valence-electron chi connectivity index (χ3n) is 26.5. The van der Waals surface area contributed by atoms with Gasteiger partial charge in [0.05, 0.1) is 200 Å². The van der Waals surface area contributed by atoms with Gasteiger partial charge >= 0.3 is 0 Å². The number of halogens is 7. The second-order valence-electron chi connectivity index (χ2n) is 36.2. The van der Waals surface area contributed by atoms with Gasteiger partial charge in [0.15, 0.2) is 98.4 Å². The number of pyridine rings is 4.